The molecule has 100 valence electrons. The van der Waals surface area contributed by atoms with Crippen LogP contribution in [-0.2, 0) is 6.54 Å². The second-order valence-electron chi connectivity index (χ2n) is 5.14. The number of hydrogen-bond acceptors (Lipinski definition) is 1. The maximum Gasteiger partial charge on any atom is 0.0705 e. The van der Waals surface area contributed by atoms with Gasteiger partial charge in [0, 0.05) is 23.1 Å². The molecule has 0 amide bonds. The molecule has 0 saturated carbocycles. The molecule has 1 aliphatic rings. The Morgan fingerprint density at radius 1 is 1.26 bits per heavy atom. The Balaban J connectivity index is 1.57. The fourth-order valence-corrected chi connectivity index (χ4v) is 2.99. The van der Waals surface area contributed by atoms with Gasteiger partial charge in [0.1, 0.15) is 0 Å². The van der Waals surface area contributed by atoms with Gasteiger partial charge in [-0.2, -0.15) is 0 Å². The van der Waals surface area contributed by atoms with Gasteiger partial charge < -0.3 is 10.3 Å². The van der Waals surface area contributed by atoms with E-state index < -0.39 is 0 Å². The summed E-state index contributed by atoms with van der Waals surface area (Å²) in [7, 11) is 0. The van der Waals surface area contributed by atoms with Crippen molar-refractivity contribution in [3.05, 3.63) is 46.6 Å². The summed E-state index contributed by atoms with van der Waals surface area (Å²) in [6, 6.07) is 8.17. The molecule has 0 unspecified atom stereocenters. The van der Waals surface area contributed by atoms with E-state index in [9.17, 15) is 0 Å². The number of hydrogen-bond donors (Lipinski definition) is 2. The molecule has 0 saturated heterocycles. The fraction of sp³-hybridized carbons (Fsp3) is 0.375. The molecule has 0 atom stereocenters. The van der Waals surface area contributed by atoms with Crippen LogP contribution in [0.3, 0.4) is 0 Å². The number of H-pyrrole nitrogens is 1. The van der Waals surface area contributed by atoms with E-state index in [0.29, 0.717) is 0 Å². The van der Waals surface area contributed by atoms with Crippen molar-refractivity contribution in [2.45, 2.75) is 32.2 Å². The predicted octanol–water partition coefficient (Wildman–Crippen LogP) is 4.41. The van der Waals surface area contributed by atoms with Crippen molar-refractivity contribution < 1.29 is 0 Å². The van der Waals surface area contributed by atoms with Crippen molar-refractivity contribution in [1.29, 1.82) is 0 Å². The number of allylic oxidation sites excluding steroid dienone is 1. The third kappa shape index (κ3) is 2.85. The summed E-state index contributed by atoms with van der Waals surface area (Å²) in [5, 5.41) is 5.43. The molecule has 2 aromatic rings. The van der Waals surface area contributed by atoms with Gasteiger partial charge in [-0.05, 0) is 38.3 Å². The normalized spacial score (nSPS) is 15.1. The monoisotopic (exact) mass is 274 g/mol. The Labute approximate surface area is 118 Å². The van der Waals surface area contributed by atoms with Crippen LogP contribution in [0.15, 0.2) is 35.9 Å². The molecule has 2 N–H and O–H groups in total. The van der Waals surface area contributed by atoms with Crippen molar-refractivity contribution in [2.24, 2.45) is 0 Å². The number of rotatable bonds is 5. The summed E-state index contributed by atoms with van der Waals surface area (Å²) < 4.78 is 0. The predicted molar refractivity (Wildman–Crippen MR) is 81.6 cm³/mol. The molecule has 1 aromatic carbocycles. The summed E-state index contributed by atoms with van der Waals surface area (Å²) in [6.45, 7) is 1.83. The molecule has 3 rings (SSSR count). The van der Waals surface area contributed by atoms with E-state index >= 15 is 0 Å². The molecule has 3 heteroatoms. The minimum Gasteiger partial charge on any atom is -0.356 e. The highest BCUT2D eigenvalue weighted by Crippen LogP contribution is 2.27. The first-order chi connectivity index (χ1) is 9.34. The lowest BCUT2D eigenvalue weighted by Gasteiger charge is -2.04. The molecule has 0 fully saturated rings. The zero-order chi connectivity index (χ0) is 13.1. The molecule has 0 spiro atoms. The minimum atomic E-state index is 0.806. The van der Waals surface area contributed by atoms with Gasteiger partial charge in [0.25, 0.3) is 0 Å². The van der Waals surface area contributed by atoms with Crippen LogP contribution in [0.4, 0.5) is 0 Å². The van der Waals surface area contributed by atoms with Crippen LogP contribution in [0.5, 0.6) is 0 Å². The molecule has 0 aliphatic heterocycles. The number of fused-ring (bicyclic) bond motifs is 1. The average molecular weight is 275 g/mol. The van der Waals surface area contributed by atoms with Gasteiger partial charge >= 0.3 is 0 Å². The molecule has 0 bridgehead atoms. The number of halogens is 1. The lowest BCUT2D eigenvalue weighted by Crippen LogP contribution is -2.15. The van der Waals surface area contributed by atoms with Crippen LogP contribution in [0.2, 0.25) is 5.02 Å². The number of aromatic nitrogens is 1. The zero-order valence-corrected chi connectivity index (χ0v) is 11.8. The summed E-state index contributed by atoms with van der Waals surface area (Å²) in [4.78, 5) is 3.38. The van der Waals surface area contributed by atoms with Crippen LogP contribution in [0.1, 0.15) is 31.4 Å². The maximum absolute atomic E-state index is 6.38. The smallest absolute Gasteiger partial charge is 0.0705 e. The number of para-hydroxylation sites is 1. The molecule has 1 aromatic heterocycles. The first-order valence-electron chi connectivity index (χ1n) is 6.98. The van der Waals surface area contributed by atoms with Crippen molar-refractivity contribution >= 4 is 22.5 Å². The Hall–Kier alpha value is -1.25. The van der Waals surface area contributed by atoms with Gasteiger partial charge in [0.05, 0.1) is 5.02 Å². The number of aromatic amines is 1. The SMILES string of the molecule is Clc1c(CNCCC2=CCCC2)[nH]c2ccccc12. The Bertz CT molecular complexity index is 598. The quantitative estimate of drug-likeness (QED) is 0.613. The second-order valence-corrected chi connectivity index (χ2v) is 5.52. The third-order valence-corrected chi connectivity index (χ3v) is 4.21. The Kier molecular flexibility index (Phi) is 3.90. The molecule has 1 heterocycles. The average Bonchev–Trinajstić information content (AvgIpc) is 3.04. The summed E-state index contributed by atoms with van der Waals surface area (Å²) in [6.07, 6.45) is 7.44. The Morgan fingerprint density at radius 3 is 2.95 bits per heavy atom. The van der Waals surface area contributed by atoms with Crippen LogP contribution < -0.4 is 5.32 Å². The number of nitrogens with one attached hydrogen (secondary N) is 2. The van der Waals surface area contributed by atoms with E-state index in [4.69, 9.17) is 11.6 Å². The molecule has 2 nitrogen and oxygen atoms in total. The molecular formula is C16H19ClN2. The van der Waals surface area contributed by atoms with E-state index in [1.54, 1.807) is 5.57 Å². The topological polar surface area (TPSA) is 27.8 Å². The van der Waals surface area contributed by atoms with Gasteiger partial charge in [-0.1, -0.05) is 41.4 Å². The second kappa shape index (κ2) is 5.81. The van der Waals surface area contributed by atoms with Crippen molar-refractivity contribution in [3.63, 3.8) is 0 Å². The standard InChI is InChI=1S/C16H19ClN2/c17-16-13-7-3-4-8-14(13)19-15(16)11-18-10-9-12-5-1-2-6-12/h3-5,7-8,18-19H,1-2,6,9-11H2. The van der Waals surface area contributed by atoms with Gasteiger partial charge in [0.2, 0.25) is 0 Å². The number of benzene rings is 1. The van der Waals surface area contributed by atoms with E-state index in [1.165, 1.54) is 19.3 Å². The summed E-state index contributed by atoms with van der Waals surface area (Å²) >= 11 is 6.38. The molecule has 0 radical (unpaired) electrons. The van der Waals surface area contributed by atoms with E-state index in [1.807, 2.05) is 12.1 Å². The third-order valence-electron chi connectivity index (χ3n) is 3.77. The molecule has 19 heavy (non-hydrogen) atoms. The molecule has 1 aliphatic carbocycles. The van der Waals surface area contributed by atoms with E-state index in [2.05, 4.69) is 28.5 Å². The van der Waals surface area contributed by atoms with Crippen LogP contribution in [0.25, 0.3) is 10.9 Å². The van der Waals surface area contributed by atoms with Crippen LogP contribution in [0, 0.1) is 0 Å². The zero-order valence-electron chi connectivity index (χ0n) is 11.0. The van der Waals surface area contributed by atoms with Crippen LogP contribution in [-0.4, -0.2) is 11.5 Å². The van der Waals surface area contributed by atoms with Gasteiger partial charge in [0.15, 0.2) is 0 Å². The Morgan fingerprint density at radius 2 is 2.16 bits per heavy atom. The first kappa shape index (κ1) is 12.8. The van der Waals surface area contributed by atoms with E-state index in [0.717, 1.165) is 41.1 Å². The lowest BCUT2D eigenvalue weighted by molar-refractivity contribution is 0.668. The minimum absolute atomic E-state index is 0.806. The van der Waals surface area contributed by atoms with Crippen LogP contribution >= 0.6 is 11.6 Å². The largest absolute Gasteiger partial charge is 0.356 e. The highest BCUT2D eigenvalue weighted by molar-refractivity contribution is 6.36. The highest BCUT2D eigenvalue weighted by atomic mass is 35.5. The van der Waals surface area contributed by atoms with E-state index in [-0.39, 0.29) is 0 Å². The van der Waals surface area contributed by atoms with Crippen molar-refractivity contribution in [1.82, 2.24) is 10.3 Å². The lowest BCUT2D eigenvalue weighted by atomic mass is 10.2. The summed E-state index contributed by atoms with van der Waals surface area (Å²) in [5.41, 5.74) is 3.81. The van der Waals surface area contributed by atoms with Gasteiger partial charge in [-0.15, -0.1) is 0 Å². The fourth-order valence-electron chi connectivity index (χ4n) is 2.71. The van der Waals surface area contributed by atoms with Gasteiger partial charge in [-0.3, -0.25) is 0 Å². The van der Waals surface area contributed by atoms with Gasteiger partial charge in [-0.25, -0.2) is 0 Å². The van der Waals surface area contributed by atoms with Crippen molar-refractivity contribution in [2.75, 3.05) is 6.54 Å². The molecular weight excluding hydrogens is 256 g/mol. The maximum atomic E-state index is 6.38. The highest BCUT2D eigenvalue weighted by Gasteiger charge is 2.08. The first-order valence-corrected chi connectivity index (χ1v) is 7.36. The summed E-state index contributed by atoms with van der Waals surface area (Å²) in [5.74, 6) is 0. The van der Waals surface area contributed by atoms with Crippen molar-refractivity contribution in [3.8, 4) is 0 Å².